The molecule has 0 heterocycles. The lowest BCUT2D eigenvalue weighted by Crippen LogP contribution is -2.34. The summed E-state index contributed by atoms with van der Waals surface area (Å²) in [4.78, 5) is 11.6. The van der Waals surface area contributed by atoms with Crippen LogP contribution in [0.5, 0.6) is 0 Å². The predicted octanol–water partition coefficient (Wildman–Crippen LogP) is 2.04. The Morgan fingerprint density at radius 2 is 2.06 bits per heavy atom. The molecule has 4 heteroatoms. The number of halogens is 1. The van der Waals surface area contributed by atoms with Gasteiger partial charge >= 0.3 is 5.97 Å². The average molecular weight is 251 g/mol. The molecule has 0 radical (unpaired) electrons. The number of carbonyl (C=O) groups excluding carboxylic acids is 1. The van der Waals surface area contributed by atoms with Crippen LogP contribution in [0.1, 0.15) is 24.8 Å². The molecule has 0 bridgehead atoms. The third-order valence-corrected chi connectivity index (χ3v) is 3.14. The Labute approximate surface area is 106 Å². The highest BCUT2D eigenvalue weighted by molar-refractivity contribution is 5.75. The fourth-order valence-corrected chi connectivity index (χ4v) is 1.80. The molecule has 1 atom stereocenters. The van der Waals surface area contributed by atoms with Crippen LogP contribution in [0.15, 0.2) is 24.3 Å². The first-order chi connectivity index (χ1) is 8.65. The van der Waals surface area contributed by atoms with Crippen molar-refractivity contribution in [3.8, 4) is 0 Å². The monoisotopic (exact) mass is 251 g/mol. The van der Waals surface area contributed by atoms with E-state index in [1.807, 2.05) is 0 Å². The number of esters is 1. The molecule has 0 spiro atoms. The molecule has 1 aromatic carbocycles. The number of rotatable bonds is 6. The van der Waals surface area contributed by atoms with Crippen molar-refractivity contribution in [1.29, 1.82) is 0 Å². The van der Waals surface area contributed by atoms with Gasteiger partial charge in [-0.05, 0) is 36.5 Å². The van der Waals surface area contributed by atoms with Gasteiger partial charge < -0.3 is 10.5 Å². The normalized spacial score (nSPS) is 16.3. The zero-order valence-electron chi connectivity index (χ0n) is 10.3. The van der Waals surface area contributed by atoms with Crippen molar-refractivity contribution in [1.82, 2.24) is 0 Å². The van der Waals surface area contributed by atoms with E-state index in [1.54, 1.807) is 12.1 Å². The van der Waals surface area contributed by atoms with Gasteiger partial charge in [-0.15, -0.1) is 0 Å². The number of hydrogen-bond acceptors (Lipinski definition) is 3. The van der Waals surface area contributed by atoms with Crippen LogP contribution in [0.4, 0.5) is 4.39 Å². The Morgan fingerprint density at radius 1 is 1.39 bits per heavy atom. The fourth-order valence-electron chi connectivity index (χ4n) is 1.80. The fraction of sp³-hybridized carbons (Fsp3) is 0.500. The summed E-state index contributed by atoms with van der Waals surface area (Å²) >= 11 is 0. The second-order valence-corrected chi connectivity index (χ2v) is 4.84. The molecule has 1 aliphatic carbocycles. The molecule has 0 aliphatic heterocycles. The van der Waals surface area contributed by atoms with Crippen molar-refractivity contribution in [2.75, 3.05) is 6.61 Å². The van der Waals surface area contributed by atoms with E-state index in [0.717, 1.165) is 17.9 Å². The Balaban J connectivity index is 1.73. The van der Waals surface area contributed by atoms with E-state index < -0.39 is 6.04 Å². The van der Waals surface area contributed by atoms with Crippen molar-refractivity contribution in [2.45, 2.75) is 31.7 Å². The molecule has 0 unspecified atom stereocenters. The number of ether oxygens (including phenoxy) is 1. The van der Waals surface area contributed by atoms with Gasteiger partial charge in [0.2, 0.25) is 0 Å². The minimum atomic E-state index is -0.672. The summed E-state index contributed by atoms with van der Waals surface area (Å²) in [6.45, 7) is 0.459. The second-order valence-electron chi connectivity index (χ2n) is 4.84. The number of nitrogens with two attached hydrogens (primary N) is 1. The van der Waals surface area contributed by atoms with Crippen molar-refractivity contribution >= 4 is 5.97 Å². The van der Waals surface area contributed by atoms with Crippen molar-refractivity contribution < 1.29 is 13.9 Å². The van der Waals surface area contributed by atoms with E-state index in [1.165, 1.54) is 25.0 Å². The lowest BCUT2D eigenvalue weighted by Gasteiger charge is -2.11. The molecule has 1 fully saturated rings. The Bertz CT molecular complexity index is 401. The van der Waals surface area contributed by atoms with Crippen LogP contribution in [-0.4, -0.2) is 18.6 Å². The maximum atomic E-state index is 12.7. The Kier molecular flexibility index (Phi) is 4.31. The molecule has 2 N–H and O–H groups in total. The van der Waals surface area contributed by atoms with Crippen molar-refractivity contribution in [3.05, 3.63) is 35.6 Å². The molecule has 98 valence electrons. The largest absolute Gasteiger partial charge is 0.465 e. The van der Waals surface area contributed by atoms with Gasteiger partial charge in [-0.3, -0.25) is 4.79 Å². The highest BCUT2D eigenvalue weighted by atomic mass is 19.1. The molecule has 2 rings (SSSR count). The zero-order valence-corrected chi connectivity index (χ0v) is 10.3. The third-order valence-electron chi connectivity index (χ3n) is 3.14. The first-order valence-electron chi connectivity index (χ1n) is 6.32. The van der Waals surface area contributed by atoms with Gasteiger partial charge in [0.1, 0.15) is 11.9 Å². The maximum Gasteiger partial charge on any atom is 0.323 e. The minimum Gasteiger partial charge on any atom is -0.465 e. The number of hydrogen-bond donors (Lipinski definition) is 1. The van der Waals surface area contributed by atoms with Gasteiger partial charge in [-0.2, -0.15) is 0 Å². The van der Waals surface area contributed by atoms with E-state index in [0.29, 0.717) is 13.0 Å². The van der Waals surface area contributed by atoms with E-state index >= 15 is 0 Å². The molecule has 1 aromatic rings. The topological polar surface area (TPSA) is 52.3 Å². The lowest BCUT2D eigenvalue weighted by atomic mass is 10.1. The smallest absolute Gasteiger partial charge is 0.323 e. The van der Waals surface area contributed by atoms with E-state index in [4.69, 9.17) is 10.5 Å². The summed E-state index contributed by atoms with van der Waals surface area (Å²) in [6, 6.07) is 5.31. The summed E-state index contributed by atoms with van der Waals surface area (Å²) in [5, 5.41) is 0. The van der Waals surface area contributed by atoms with Crippen LogP contribution < -0.4 is 5.73 Å². The van der Waals surface area contributed by atoms with Crippen molar-refractivity contribution in [2.24, 2.45) is 11.7 Å². The van der Waals surface area contributed by atoms with E-state index in [9.17, 15) is 9.18 Å². The number of carbonyl (C=O) groups is 1. The molecule has 18 heavy (non-hydrogen) atoms. The summed E-state index contributed by atoms with van der Waals surface area (Å²) < 4.78 is 17.8. The minimum absolute atomic E-state index is 0.292. The van der Waals surface area contributed by atoms with Gasteiger partial charge in [-0.1, -0.05) is 25.0 Å². The SMILES string of the molecule is N[C@@H](Cc1ccc(F)cc1)C(=O)OCCC1CC1. The molecule has 0 aromatic heterocycles. The van der Waals surface area contributed by atoms with Crippen LogP contribution in [0.2, 0.25) is 0 Å². The Morgan fingerprint density at radius 3 is 2.67 bits per heavy atom. The summed E-state index contributed by atoms with van der Waals surface area (Å²) in [6.07, 6.45) is 3.82. The first kappa shape index (κ1) is 13.0. The van der Waals surface area contributed by atoms with Gasteiger partial charge in [-0.25, -0.2) is 4.39 Å². The van der Waals surface area contributed by atoms with Crippen LogP contribution in [0.25, 0.3) is 0 Å². The first-order valence-corrected chi connectivity index (χ1v) is 6.32. The second kappa shape index (κ2) is 5.96. The van der Waals surface area contributed by atoms with Gasteiger partial charge in [0.05, 0.1) is 6.61 Å². The molecule has 0 amide bonds. The van der Waals surface area contributed by atoms with Gasteiger partial charge in [0.25, 0.3) is 0 Å². The molecular formula is C14H18FNO2. The summed E-state index contributed by atoms with van der Waals surface area (Å²) in [5.41, 5.74) is 6.59. The maximum absolute atomic E-state index is 12.7. The molecule has 1 saturated carbocycles. The predicted molar refractivity (Wildman–Crippen MR) is 66.4 cm³/mol. The van der Waals surface area contributed by atoms with Crippen LogP contribution >= 0.6 is 0 Å². The van der Waals surface area contributed by atoms with Gasteiger partial charge in [0, 0.05) is 0 Å². The molecular weight excluding hydrogens is 233 g/mol. The standard InChI is InChI=1S/C14H18FNO2/c15-12-5-3-11(4-6-12)9-13(16)14(17)18-8-7-10-1-2-10/h3-6,10,13H,1-2,7-9,16H2/t13-/m0/s1. The van der Waals surface area contributed by atoms with Crippen LogP contribution in [0, 0.1) is 11.7 Å². The highest BCUT2D eigenvalue weighted by Crippen LogP contribution is 2.32. The average Bonchev–Trinajstić information content (AvgIpc) is 3.16. The quantitative estimate of drug-likeness (QED) is 0.787. The summed E-state index contributed by atoms with van der Waals surface area (Å²) in [5.74, 6) is 0.0745. The van der Waals surface area contributed by atoms with Gasteiger partial charge in [0.15, 0.2) is 0 Å². The molecule has 3 nitrogen and oxygen atoms in total. The van der Waals surface area contributed by atoms with E-state index in [-0.39, 0.29) is 11.8 Å². The van der Waals surface area contributed by atoms with Crippen LogP contribution in [0.3, 0.4) is 0 Å². The lowest BCUT2D eigenvalue weighted by molar-refractivity contribution is -0.145. The molecule has 0 saturated heterocycles. The van der Waals surface area contributed by atoms with E-state index in [2.05, 4.69) is 0 Å². The van der Waals surface area contributed by atoms with Crippen LogP contribution in [-0.2, 0) is 16.0 Å². The van der Waals surface area contributed by atoms with Crippen molar-refractivity contribution in [3.63, 3.8) is 0 Å². The molecule has 1 aliphatic rings. The highest BCUT2D eigenvalue weighted by Gasteiger charge is 2.22. The third kappa shape index (κ3) is 4.11. The Hall–Kier alpha value is -1.42. The summed E-state index contributed by atoms with van der Waals surface area (Å²) in [7, 11) is 0. The zero-order chi connectivity index (χ0) is 13.0. The number of benzene rings is 1.